The third kappa shape index (κ3) is 5.33. The second-order valence-electron chi connectivity index (χ2n) is 12.0. The van der Waals surface area contributed by atoms with Crippen molar-refractivity contribution in [2.75, 3.05) is 4.90 Å². The fraction of sp³-hybridized carbons (Fsp3) is 0.0909. The van der Waals surface area contributed by atoms with E-state index < -0.39 is 0 Å². The van der Waals surface area contributed by atoms with Crippen LogP contribution in [0.4, 0.5) is 17.1 Å². The van der Waals surface area contributed by atoms with Crippen LogP contribution in [0.3, 0.4) is 0 Å². The van der Waals surface area contributed by atoms with Crippen LogP contribution >= 0.6 is 11.3 Å². The van der Waals surface area contributed by atoms with Crippen LogP contribution in [-0.2, 0) is 6.42 Å². The van der Waals surface area contributed by atoms with Crippen LogP contribution in [0.2, 0.25) is 0 Å². The molecular formula is C44H36N2O2S. The average Bonchev–Trinajstić information content (AvgIpc) is 3.70. The van der Waals surface area contributed by atoms with Crippen molar-refractivity contribution in [1.29, 1.82) is 0 Å². The molecule has 2 N–H and O–H groups in total. The van der Waals surface area contributed by atoms with Gasteiger partial charge in [-0.3, -0.25) is 0 Å². The summed E-state index contributed by atoms with van der Waals surface area (Å²) >= 11 is 1.81. The number of nitrogens with zero attached hydrogens (tertiary/aromatic N) is 2. The van der Waals surface area contributed by atoms with Crippen LogP contribution in [0.1, 0.15) is 31.5 Å². The largest absolute Gasteiger partial charge is 0.512 e. The summed E-state index contributed by atoms with van der Waals surface area (Å²) < 4.78 is 4.82. The zero-order chi connectivity index (χ0) is 33.5. The average molecular weight is 657 g/mol. The Hall–Kier alpha value is -5.78. The van der Waals surface area contributed by atoms with Gasteiger partial charge in [0.05, 0.1) is 21.7 Å². The van der Waals surface area contributed by atoms with Gasteiger partial charge >= 0.3 is 0 Å². The summed E-state index contributed by atoms with van der Waals surface area (Å²) in [7, 11) is 0. The maximum atomic E-state index is 10.5. The zero-order valence-corrected chi connectivity index (χ0v) is 28.3. The van der Waals surface area contributed by atoms with Gasteiger partial charge in [0.25, 0.3) is 0 Å². The van der Waals surface area contributed by atoms with Crippen LogP contribution in [-0.4, -0.2) is 14.8 Å². The van der Waals surface area contributed by atoms with Gasteiger partial charge in [-0.15, -0.1) is 11.3 Å². The number of aromatic hydroxyl groups is 1. The SMILES string of the molecule is CC.OC1=Cc2c(n(-c3ccccc3)c3ccc(-c4ccc(N(c5ccc(O)cc5)c5cccc6c5sc5ccccc56)cc4)cc23)CC1. The van der Waals surface area contributed by atoms with E-state index in [0.29, 0.717) is 12.2 Å². The monoisotopic (exact) mass is 656 g/mol. The van der Waals surface area contributed by atoms with E-state index in [1.807, 2.05) is 38.1 Å². The summed E-state index contributed by atoms with van der Waals surface area (Å²) in [6.07, 6.45) is 3.39. The first-order valence-electron chi connectivity index (χ1n) is 16.8. The van der Waals surface area contributed by atoms with Crippen molar-refractivity contribution in [3.8, 4) is 22.6 Å². The molecule has 9 rings (SSSR count). The Balaban J connectivity index is 0.00000171. The predicted octanol–water partition coefficient (Wildman–Crippen LogP) is 12.7. The van der Waals surface area contributed by atoms with Crippen molar-refractivity contribution in [1.82, 2.24) is 4.57 Å². The van der Waals surface area contributed by atoms with Crippen LogP contribution in [0.25, 0.3) is 54.0 Å². The lowest BCUT2D eigenvalue weighted by molar-refractivity contribution is 0.390. The van der Waals surface area contributed by atoms with E-state index in [1.54, 1.807) is 23.5 Å². The number of benzene rings is 6. The molecule has 0 spiro atoms. The summed E-state index contributed by atoms with van der Waals surface area (Å²) in [5, 5.41) is 24.2. The van der Waals surface area contributed by atoms with E-state index >= 15 is 0 Å². The van der Waals surface area contributed by atoms with E-state index in [2.05, 4.69) is 119 Å². The van der Waals surface area contributed by atoms with E-state index in [9.17, 15) is 10.2 Å². The lowest BCUT2D eigenvalue weighted by Gasteiger charge is -2.26. The fourth-order valence-corrected chi connectivity index (χ4v) is 8.26. The van der Waals surface area contributed by atoms with Gasteiger partial charge in [0.1, 0.15) is 5.75 Å². The van der Waals surface area contributed by atoms with E-state index in [1.165, 1.54) is 25.9 Å². The molecule has 0 radical (unpaired) electrons. The first kappa shape index (κ1) is 30.5. The number of phenols is 1. The molecule has 0 unspecified atom stereocenters. The normalized spacial score (nSPS) is 12.4. The summed E-state index contributed by atoms with van der Waals surface area (Å²) in [5.74, 6) is 0.674. The van der Waals surface area contributed by atoms with Crippen molar-refractivity contribution in [3.63, 3.8) is 0 Å². The van der Waals surface area contributed by atoms with Crippen molar-refractivity contribution in [2.45, 2.75) is 26.7 Å². The second kappa shape index (κ2) is 12.7. The topological polar surface area (TPSA) is 48.6 Å². The zero-order valence-electron chi connectivity index (χ0n) is 27.5. The van der Waals surface area contributed by atoms with E-state index in [-0.39, 0.29) is 5.75 Å². The van der Waals surface area contributed by atoms with Gasteiger partial charge in [-0.1, -0.05) is 80.6 Å². The quantitative estimate of drug-likeness (QED) is 0.194. The van der Waals surface area contributed by atoms with Crippen LogP contribution in [0.5, 0.6) is 5.75 Å². The molecule has 0 saturated carbocycles. The van der Waals surface area contributed by atoms with Gasteiger partial charge in [-0.2, -0.15) is 0 Å². The highest BCUT2D eigenvalue weighted by Gasteiger charge is 2.22. The molecule has 1 aliphatic rings. The number of aliphatic hydroxyl groups excluding tert-OH is 1. The molecule has 5 heteroatoms. The number of anilines is 3. The molecule has 0 atom stereocenters. The lowest BCUT2D eigenvalue weighted by Crippen LogP contribution is -2.09. The number of aromatic nitrogens is 1. The molecule has 49 heavy (non-hydrogen) atoms. The highest BCUT2D eigenvalue weighted by atomic mass is 32.1. The standard InChI is InChI=1S/C42H30N2O2S.C2H6/c45-32-20-18-31(19-21-32)43(40-11-6-10-35-34-9-4-5-12-41(34)47-42(35)40)30-16-13-27(14-17-30)28-15-23-38-36(25-28)37-26-33(46)22-24-39(37)44(38)29-7-2-1-3-8-29;1-2/h1-21,23,25-26,45-46H,22,24H2;1-2H3. The smallest absolute Gasteiger partial charge is 0.115 e. The van der Waals surface area contributed by atoms with E-state index in [0.717, 1.165) is 56.8 Å². The summed E-state index contributed by atoms with van der Waals surface area (Å²) in [6, 6.07) is 48.3. The molecule has 0 amide bonds. The second-order valence-corrected chi connectivity index (χ2v) is 13.1. The fourth-order valence-electron chi connectivity index (χ4n) is 7.05. The third-order valence-corrected chi connectivity index (χ3v) is 10.5. The molecular weight excluding hydrogens is 621 g/mol. The number of para-hydroxylation sites is 1. The highest BCUT2D eigenvalue weighted by molar-refractivity contribution is 7.26. The Bertz CT molecular complexity index is 2470. The van der Waals surface area contributed by atoms with Crippen LogP contribution in [0.15, 0.2) is 145 Å². The summed E-state index contributed by atoms with van der Waals surface area (Å²) in [4.78, 5) is 2.27. The molecule has 4 nitrogen and oxygen atoms in total. The van der Waals surface area contributed by atoms with Crippen molar-refractivity contribution >= 4 is 65.6 Å². The molecule has 0 saturated heterocycles. The Labute approximate surface area is 290 Å². The summed E-state index contributed by atoms with van der Waals surface area (Å²) in [5.41, 5.74) is 9.95. The molecule has 0 bridgehead atoms. The molecule has 1 aliphatic carbocycles. The van der Waals surface area contributed by atoms with Gasteiger partial charge in [0.2, 0.25) is 0 Å². The molecule has 240 valence electrons. The molecule has 2 aromatic heterocycles. The number of rotatable bonds is 5. The minimum absolute atomic E-state index is 0.242. The van der Waals surface area contributed by atoms with Gasteiger partial charge < -0.3 is 19.7 Å². The van der Waals surface area contributed by atoms with Crippen LogP contribution < -0.4 is 4.90 Å². The maximum absolute atomic E-state index is 10.5. The number of hydrogen-bond acceptors (Lipinski definition) is 4. The minimum atomic E-state index is 0.242. The molecule has 2 heterocycles. The van der Waals surface area contributed by atoms with Crippen molar-refractivity contribution < 1.29 is 10.2 Å². The van der Waals surface area contributed by atoms with Gasteiger partial charge in [0, 0.05) is 55.6 Å². The molecule has 6 aromatic carbocycles. The third-order valence-electron chi connectivity index (χ3n) is 9.24. The van der Waals surface area contributed by atoms with Gasteiger partial charge in [0.15, 0.2) is 0 Å². The Morgan fingerprint density at radius 2 is 1.29 bits per heavy atom. The Morgan fingerprint density at radius 1 is 0.612 bits per heavy atom. The van der Waals surface area contributed by atoms with E-state index in [4.69, 9.17) is 0 Å². The predicted molar refractivity (Wildman–Crippen MR) is 208 cm³/mol. The van der Waals surface area contributed by atoms with Crippen molar-refractivity contribution in [3.05, 3.63) is 157 Å². The minimum Gasteiger partial charge on any atom is -0.512 e. The molecule has 8 aromatic rings. The number of hydrogen-bond donors (Lipinski definition) is 2. The lowest BCUT2D eigenvalue weighted by atomic mass is 9.98. The summed E-state index contributed by atoms with van der Waals surface area (Å²) in [6.45, 7) is 4.00. The number of aliphatic hydroxyl groups is 1. The number of fused-ring (bicyclic) bond motifs is 6. The maximum Gasteiger partial charge on any atom is 0.115 e. The Kier molecular flexibility index (Phi) is 7.90. The first-order chi connectivity index (χ1) is 24.1. The Morgan fingerprint density at radius 3 is 2.06 bits per heavy atom. The number of phenolic OH excluding ortho intramolecular Hbond substituents is 1. The first-order valence-corrected chi connectivity index (χ1v) is 17.7. The van der Waals surface area contributed by atoms with Gasteiger partial charge in [-0.25, -0.2) is 0 Å². The molecule has 0 fully saturated rings. The number of allylic oxidation sites excluding steroid dienone is 1. The van der Waals surface area contributed by atoms with Crippen LogP contribution in [0, 0.1) is 0 Å². The number of thiophene rings is 1. The van der Waals surface area contributed by atoms with Gasteiger partial charge in [-0.05, 0) is 96.4 Å². The van der Waals surface area contributed by atoms with Crippen molar-refractivity contribution in [2.24, 2.45) is 0 Å². The molecule has 0 aliphatic heterocycles. The highest BCUT2D eigenvalue weighted by Crippen LogP contribution is 2.45.